The van der Waals surface area contributed by atoms with E-state index in [2.05, 4.69) is 31.8 Å². The number of hydrogen-bond donors (Lipinski definition) is 1. The van der Waals surface area contributed by atoms with Gasteiger partial charge >= 0.3 is 0 Å². The number of allylic oxidation sites excluding steroid dienone is 4. The number of nitrogens with one attached hydrogen (secondary N) is 1. The minimum atomic E-state index is -0.166. The summed E-state index contributed by atoms with van der Waals surface area (Å²) in [5.74, 6) is 0.599. The van der Waals surface area contributed by atoms with Crippen LogP contribution in [0.1, 0.15) is 86.5 Å². The molecule has 1 N–H and O–H groups in total. The van der Waals surface area contributed by atoms with Crippen LogP contribution in [0.5, 0.6) is 0 Å². The molecule has 158 valence electrons. The van der Waals surface area contributed by atoms with Crippen molar-refractivity contribution in [3.05, 3.63) is 35.5 Å². The van der Waals surface area contributed by atoms with Gasteiger partial charge in [-0.25, -0.2) is 0 Å². The highest BCUT2D eigenvalue weighted by Crippen LogP contribution is 2.25. The fourth-order valence-electron chi connectivity index (χ4n) is 2.90. The van der Waals surface area contributed by atoms with Gasteiger partial charge in [0.25, 0.3) is 0 Å². The first-order valence-electron chi connectivity index (χ1n) is 10.5. The maximum absolute atomic E-state index is 11.8. The highest BCUT2D eigenvalue weighted by atomic mass is 16.2. The average Bonchev–Trinajstić information content (AvgIpc) is 2.64. The van der Waals surface area contributed by atoms with Gasteiger partial charge in [-0.05, 0) is 56.6 Å². The Bertz CT molecular complexity index is 611. The van der Waals surface area contributed by atoms with Gasteiger partial charge in [0, 0.05) is 19.3 Å². The Morgan fingerprint density at radius 1 is 1.18 bits per heavy atom. The number of Topliss-reactive ketones (excluding diaryl/α,β-unsaturated/α-hetero) is 1. The van der Waals surface area contributed by atoms with Crippen LogP contribution in [0, 0.1) is 11.8 Å². The molecule has 0 aliphatic carbocycles. The highest BCUT2D eigenvalue weighted by molar-refractivity contribution is 5.99. The zero-order valence-corrected chi connectivity index (χ0v) is 18.7. The smallest absolute Gasteiger partial charge is 0.233 e. The Morgan fingerprint density at radius 2 is 1.82 bits per heavy atom. The summed E-state index contributed by atoms with van der Waals surface area (Å²) in [6.45, 7) is 16.1. The fourth-order valence-corrected chi connectivity index (χ4v) is 2.90. The van der Waals surface area contributed by atoms with E-state index in [-0.39, 0.29) is 17.7 Å². The predicted molar refractivity (Wildman–Crippen MR) is 117 cm³/mol. The van der Waals surface area contributed by atoms with E-state index in [4.69, 9.17) is 0 Å². The normalized spacial score (nSPS) is 18.1. The zero-order valence-electron chi connectivity index (χ0n) is 18.7. The summed E-state index contributed by atoms with van der Waals surface area (Å²) in [6, 6.07) is 0. The van der Waals surface area contributed by atoms with Gasteiger partial charge in [0.1, 0.15) is 5.78 Å². The summed E-state index contributed by atoms with van der Waals surface area (Å²) in [5, 5.41) is 2.41. The summed E-state index contributed by atoms with van der Waals surface area (Å²) in [5.41, 5.74) is 3.30. The van der Waals surface area contributed by atoms with Crippen LogP contribution in [0.2, 0.25) is 0 Å². The van der Waals surface area contributed by atoms with Crippen molar-refractivity contribution in [1.82, 2.24) is 5.32 Å². The van der Waals surface area contributed by atoms with Crippen LogP contribution in [-0.4, -0.2) is 17.6 Å². The molecule has 0 aromatic heterocycles. The van der Waals surface area contributed by atoms with Gasteiger partial charge in [0.15, 0.2) is 0 Å². The number of hydrogen-bond acceptors (Lipinski definition) is 3. The quantitative estimate of drug-likeness (QED) is 0.407. The second kappa shape index (κ2) is 14.1. The molecule has 4 nitrogen and oxygen atoms in total. The second-order valence-electron chi connectivity index (χ2n) is 7.87. The SMILES string of the molecule is C=C/C(C)=C(C)\C=C(/CC)C1CCC(=O)NC1=O.CCCC(=O)CCC(C)C. The Kier molecular flexibility index (Phi) is 13.1. The van der Waals surface area contributed by atoms with Crippen molar-refractivity contribution in [2.75, 3.05) is 0 Å². The molecule has 0 aromatic rings. The number of piperidine rings is 1. The highest BCUT2D eigenvalue weighted by Gasteiger charge is 2.28. The number of ketones is 1. The van der Waals surface area contributed by atoms with E-state index in [0.717, 1.165) is 48.8 Å². The first kappa shape index (κ1) is 26.0. The topological polar surface area (TPSA) is 63.2 Å². The molecule has 28 heavy (non-hydrogen) atoms. The van der Waals surface area contributed by atoms with Crippen LogP contribution in [0.15, 0.2) is 35.5 Å². The van der Waals surface area contributed by atoms with Gasteiger partial charge in [0.05, 0.1) is 5.92 Å². The molecular weight excluding hydrogens is 350 g/mol. The lowest BCUT2D eigenvalue weighted by Gasteiger charge is -2.23. The Balaban J connectivity index is 0.000000621. The van der Waals surface area contributed by atoms with Gasteiger partial charge in [-0.15, -0.1) is 0 Å². The van der Waals surface area contributed by atoms with Gasteiger partial charge in [-0.2, -0.15) is 0 Å². The molecule has 1 fully saturated rings. The molecule has 4 heteroatoms. The molecule has 2 amide bonds. The van der Waals surface area contributed by atoms with E-state index in [1.54, 1.807) is 0 Å². The Hall–Kier alpha value is -1.97. The van der Waals surface area contributed by atoms with Crippen LogP contribution >= 0.6 is 0 Å². The van der Waals surface area contributed by atoms with Crippen LogP contribution in [-0.2, 0) is 14.4 Å². The van der Waals surface area contributed by atoms with Crippen LogP contribution in [0.3, 0.4) is 0 Å². The van der Waals surface area contributed by atoms with Gasteiger partial charge < -0.3 is 0 Å². The number of carbonyl (C=O) groups is 3. The van der Waals surface area contributed by atoms with Crippen molar-refractivity contribution in [3.8, 4) is 0 Å². The summed E-state index contributed by atoms with van der Waals surface area (Å²) < 4.78 is 0. The van der Waals surface area contributed by atoms with E-state index in [1.165, 1.54) is 0 Å². The van der Waals surface area contributed by atoms with Crippen molar-refractivity contribution in [1.29, 1.82) is 0 Å². The maximum Gasteiger partial charge on any atom is 0.233 e. The predicted octanol–water partition coefficient (Wildman–Crippen LogP) is 5.69. The summed E-state index contributed by atoms with van der Waals surface area (Å²) in [4.78, 5) is 33.9. The number of amides is 2. The molecule has 1 saturated heterocycles. The van der Waals surface area contributed by atoms with Crippen LogP contribution < -0.4 is 5.32 Å². The van der Waals surface area contributed by atoms with Gasteiger partial charge in [0.2, 0.25) is 11.8 Å². The van der Waals surface area contributed by atoms with E-state index in [1.807, 2.05) is 33.8 Å². The first-order chi connectivity index (χ1) is 13.2. The lowest BCUT2D eigenvalue weighted by atomic mass is 9.87. The molecule has 1 unspecified atom stereocenters. The van der Waals surface area contributed by atoms with E-state index in [9.17, 15) is 14.4 Å². The molecule has 0 bridgehead atoms. The monoisotopic (exact) mass is 389 g/mol. The summed E-state index contributed by atoms with van der Waals surface area (Å²) >= 11 is 0. The van der Waals surface area contributed by atoms with Crippen LogP contribution in [0.4, 0.5) is 0 Å². The van der Waals surface area contributed by atoms with Crippen molar-refractivity contribution >= 4 is 17.6 Å². The molecule has 1 aliphatic rings. The third-order valence-electron chi connectivity index (χ3n) is 4.95. The largest absolute Gasteiger partial charge is 0.300 e. The lowest BCUT2D eigenvalue weighted by molar-refractivity contribution is -0.135. The molecule has 1 aliphatic heterocycles. The average molecular weight is 390 g/mol. The minimum absolute atomic E-state index is 0.164. The number of imide groups is 1. The van der Waals surface area contributed by atoms with Crippen molar-refractivity contribution in [2.45, 2.75) is 86.5 Å². The third kappa shape index (κ3) is 10.4. The minimum Gasteiger partial charge on any atom is -0.300 e. The number of carbonyl (C=O) groups excluding carboxylic acids is 3. The summed E-state index contributed by atoms with van der Waals surface area (Å²) in [6.07, 6.45) is 9.32. The Labute approximate surface area is 171 Å². The Morgan fingerprint density at radius 3 is 2.29 bits per heavy atom. The first-order valence-corrected chi connectivity index (χ1v) is 10.5. The fraction of sp³-hybridized carbons (Fsp3) is 0.625. The molecule has 1 rings (SSSR count). The molecule has 0 radical (unpaired) electrons. The zero-order chi connectivity index (χ0) is 21.7. The van der Waals surface area contributed by atoms with Crippen molar-refractivity contribution in [3.63, 3.8) is 0 Å². The standard InChI is InChI=1S/C15H21NO2.C9H18O/c1-5-10(3)11(4)9-12(6-2)13-7-8-14(17)16-15(13)18;1-4-5-9(10)7-6-8(2)3/h5,9,13H,1,6-8H2,2-4H3,(H,16,17,18);8H,4-7H2,1-3H3/b11-10-,12-9+;. The molecule has 0 spiro atoms. The second-order valence-corrected chi connectivity index (χ2v) is 7.87. The number of rotatable bonds is 9. The van der Waals surface area contributed by atoms with E-state index < -0.39 is 0 Å². The van der Waals surface area contributed by atoms with E-state index in [0.29, 0.717) is 24.5 Å². The molecule has 1 atom stereocenters. The van der Waals surface area contributed by atoms with E-state index >= 15 is 0 Å². The molecular formula is C24H39NO3. The lowest BCUT2D eigenvalue weighted by Crippen LogP contribution is -2.41. The molecule has 1 heterocycles. The molecule has 0 saturated carbocycles. The summed E-state index contributed by atoms with van der Waals surface area (Å²) in [7, 11) is 0. The van der Waals surface area contributed by atoms with Gasteiger partial charge in [-0.3, -0.25) is 19.7 Å². The van der Waals surface area contributed by atoms with Crippen molar-refractivity contribution in [2.24, 2.45) is 11.8 Å². The van der Waals surface area contributed by atoms with Gasteiger partial charge in [-0.1, -0.05) is 52.0 Å². The molecule has 0 aromatic carbocycles. The van der Waals surface area contributed by atoms with Crippen molar-refractivity contribution < 1.29 is 14.4 Å². The third-order valence-corrected chi connectivity index (χ3v) is 4.95. The maximum atomic E-state index is 11.8. The van der Waals surface area contributed by atoms with Crippen LogP contribution in [0.25, 0.3) is 0 Å².